The molecule has 0 bridgehead atoms. The van der Waals surface area contributed by atoms with Crippen LogP contribution in [0.4, 0.5) is 5.69 Å². The second-order valence-electron chi connectivity index (χ2n) is 8.89. The molecule has 0 aliphatic carbocycles. The Bertz CT molecular complexity index is 1420. The molecule has 0 spiro atoms. The second-order valence-corrected chi connectivity index (χ2v) is 9.28. The third-order valence-corrected chi connectivity index (χ3v) is 7.18. The quantitative estimate of drug-likeness (QED) is 0.318. The molecule has 0 radical (unpaired) electrons. The van der Waals surface area contributed by atoms with E-state index in [1.54, 1.807) is 21.3 Å². The molecule has 2 aromatic carbocycles. The third-order valence-electron chi connectivity index (χ3n) is 6.86. The number of aryl methyl sites for hydroxylation is 1. The average molecular weight is 515 g/mol. The summed E-state index contributed by atoms with van der Waals surface area (Å²) >= 11 is 5.93. The van der Waals surface area contributed by atoms with Gasteiger partial charge in [-0.25, -0.2) is 0 Å². The number of nitrogens with one attached hydrogen (secondary N) is 1. The number of benzene rings is 2. The van der Waals surface area contributed by atoms with E-state index in [0.717, 1.165) is 39.8 Å². The molecular formula is C29H30N4O3S. The molecule has 1 N–H and O–H groups in total. The maximum Gasteiger partial charge on any atom is 0.174 e. The number of pyridine rings is 1. The van der Waals surface area contributed by atoms with Crippen molar-refractivity contribution < 1.29 is 14.2 Å². The minimum atomic E-state index is -0.164. The van der Waals surface area contributed by atoms with Gasteiger partial charge in [-0.2, -0.15) is 0 Å². The lowest BCUT2D eigenvalue weighted by Crippen LogP contribution is -2.30. The SMILES string of the molecule is COc1ccc(-n2c(C)cc(C3C(c4ccccn4)NC(=S)N3c3ccc(OC)cc3OC)c2C)cc1. The molecule has 8 heteroatoms. The summed E-state index contributed by atoms with van der Waals surface area (Å²) in [4.78, 5) is 6.82. The number of rotatable bonds is 7. The summed E-state index contributed by atoms with van der Waals surface area (Å²) < 4.78 is 18.8. The van der Waals surface area contributed by atoms with E-state index in [1.165, 1.54) is 0 Å². The van der Waals surface area contributed by atoms with Crippen LogP contribution in [-0.4, -0.2) is 36.0 Å². The molecular weight excluding hydrogens is 484 g/mol. The van der Waals surface area contributed by atoms with Gasteiger partial charge in [0.15, 0.2) is 5.11 Å². The zero-order valence-corrected chi connectivity index (χ0v) is 22.4. The van der Waals surface area contributed by atoms with Gasteiger partial charge in [0, 0.05) is 29.3 Å². The van der Waals surface area contributed by atoms with E-state index in [4.69, 9.17) is 26.4 Å². The fraction of sp³-hybridized carbons (Fsp3) is 0.241. The molecule has 7 nitrogen and oxygen atoms in total. The number of aromatic nitrogens is 2. The van der Waals surface area contributed by atoms with Crippen LogP contribution in [0.15, 0.2) is 72.9 Å². The van der Waals surface area contributed by atoms with Crippen LogP contribution in [0.3, 0.4) is 0 Å². The van der Waals surface area contributed by atoms with Gasteiger partial charge in [-0.15, -0.1) is 0 Å². The van der Waals surface area contributed by atoms with Crippen molar-refractivity contribution >= 4 is 23.0 Å². The summed E-state index contributed by atoms with van der Waals surface area (Å²) in [6, 6.07) is 21.8. The fourth-order valence-electron chi connectivity index (χ4n) is 5.13. The van der Waals surface area contributed by atoms with Crippen molar-refractivity contribution in [1.82, 2.24) is 14.9 Å². The van der Waals surface area contributed by atoms with Gasteiger partial charge in [-0.05, 0) is 86.2 Å². The first-order valence-corrected chi connectivity index (χ1v) is 12.4. The Morgan fingerprint density at radius 3 is 2.24 bits per heavy atom. The zero-order chi connectivity index (χ0) is 26.1. The van der Waals surface area contributed by atoms with Crippen LogP contribution in [0, 0.1) is 13.8 Å². The topological polar surface area (TPSA) is 60.8 Å². The molecule has 1 saturated heterocycles. The van der Waals surface area contributed by atoms with Crippen molar-refractivity contribution in [3.8, 4) is 22.9 Å². The van der Waals surface area contributed by atoms with Gasteiger partial charge >= 0.3 is 0 Å². The minimum absolute atomic E-state index is 0.162. The monoisotopic (exact) mass is 514 g/mol. The molecule has 4 aromatic rings. The Balaban J connectivity index is 1.68. The van der Waals surface area contributed by atoms with E-state index >= 15 is 0 Å². The van der Waals surface area contributed by atoms with Crippen LogP contribution < -0.4 is 24.4 Å². The molecule has 3 heterocycles. The summed E-state index contributed by atoms with van der Waals surface area (Å²) in [7, 11) is 4.98. The largest absolute Gasteiger partial charge is 0.497 e. The minimum Gasteiger partial charge on any atom is -0.497 e. The summed E-state index contributed by atoms with van der Waals surface area (Å²) in [6.07, 6.45) is 1.81. The van der Waals surface area contributed by atoms with Gasteiger partial charge in [0.2, 0.25) is 0 Å². The Morgan fingerprint density at radius 1 is 0.865 bits per heavy atom. The lowest BCUT2D eigenvalue weighted by atomic mass is 9.96. The first kappa shape index (κ1) is 24.6. The molecule has 5 rings (SSSR count). The molecule has 0 saturated carbocycles. The van der Waals surface area contributed by atoms with Crippen LogP contribution in [0.25, 0.3) is 5.69 Å². The number of hydrogen-bond donors (Lipinski definition) is 1. The second kappa shape index (κ2) is 10.1. The Kier molecular flexibility index (Phi) is 6.76. The van der Waals surface area contributed by atoms with E-state index in [1.807, 2.05) is 54.7 Å². The van der Waals surface area contributed by atoms with Gasteiger partial charge in [0.25, 0.3) is 0 Å². The molecule has 1 aliphatic heterocycles. The predicted molar refractivity (Wildman–Crippen MR) is 149 cm³/mol. The van der Waals surface area contributed by atoms with E-state index in [-0.39, 0.29) is 12.1 Å². The summed E-state index contributed by atoms with van der Waals surface area (Å²) in [6.45, 7) is 4.27. The van der Waals surface area contributed by atoms with E-state index in [2.05, 4.69) is 51.8 Å². The Hall–Kier alpha value is -4.04. The number of methoxy groups -OCH3 is 3. The number of ether oxygens (including phenoxy) is 3. The predicted octanol–water partition coefficient (Wildman–Crippen LogP) is 5.69. The smallest absolute Gasteiger partial charge is 0.174 e. The van der Waals surface area contributed by atoms with Crippen LogP contribution in [0.5, 0.6) is 17.2 Å². The highest BCUT2D eigenvalue weighted by atomic mass is 32.1. The van der Waals surface area contributed by atoms with E-state index in [0.29, 0.717) is 16.6 Å². The van der Waals surface area contributed by atoms with Gasteiger partial charge < -0.3 is 29.0 Å². The van der Waals surface area contributed by atoms with Crippen molar-refractivity contribution in [3.63, 3.8) is 0 Å². The highest BCUT2D eigenvalue weighted by Crippen LogP contribution is 2.46. The average Bonchev–Trinajstić information content (AvgIpc) is 3.43. The molecule has 37 heavy (non-hydrogen) atoms. The summed E-state index contributed by atoms with van der Waals surface area (Å²) in [5.41, 5.74) is 6.24. The van der Waals surface area contributed by atoms with Gasteiger partial charge in [-0.1, -0.05) is 6.07 Å². The van der Waals surface area contributed by atoms with E-state index in [9.17, 15) is 0 Å². The fourth-order valence-corrected chi connectivity index (χ4v) is 5.47. The lowest BCUT2D eigenvalue weighted by Gasteiger charge is -2.29. The molecule has 1 fully saturated rings. The first-order chi connectivity index (χ1) is 18.0. The van der Waals surface area contributed by atoms with Crippen molar-refractivity contribution in [2.75, 3.05) is 26.2 Å². The molecule has 0 amide bonds. The van der Waals surface area contributed by atoms with Crippen molar-refractivity contribution in [2.45, 2.75) is 25.9 Å². The van der Waals surface area contributed by atoms with Crippen LogP contribution >= 0.6 is 12.2 Å². The van der Waals surface area contributed by atoms with Gasteiger partial charge in [0.05, 0.1) is 44.8 Å². The number of thiocarbonyl (C=S) groups is 1. The molecule has 2 unspecified atom stereocenters. The van der Waals surface area contributed by atoms with Crippen LogP contribution in [-0.2, 0) is 0 Å². The van der Waals surface area contributed by atoms with Gasteiger partial charge in [-0.3, -0.25) is 4.98 Å². The Labute approximate surface area is 222 Å². The standard InChI is InChI=1S/C29H30N4O3S/c1-18-16-23(19(2)32(18)20-9-11-21(34-3)12-10-20)28-27(24-8-6-7-15-30-24)31-29(37)33(28)25-14-13-22(35-4)17-26(25)36-5/h6-17,27-28H,1-5H3,(H,31,37). The first-order valence-electron chi connectivity index (χ1n) is 12.0. The number of anilines is 1. The van der Waals surface area contributed by atoms with Crippen LogP contribution in [0.1, 0.15) is 34.7 Å². The van der Waals surface area contributed by atoms with Crippen molar-refractivity contribution in [2.24, 2.45) is 0 Å². The van der Waals surface area contributed by atoms with Crippen LogP contribution in [0.2, 0.25) is 0 Å². The number of nitrogens with zero attached hydrogens (tertiary/aromatic N) is 3. The van der Waals surface area contributed by atoms with Crippen molar-refractivity contribution in [1.29, 1.82) is 0 Å². The highest BCUT2D eigenvalue weighted by molar-refractivity contribution is 7.80. The highest BCUT2D eigenvalue weighted by Gasteiger charge is 2.43. The summed E-state index contributed by atoms with van der Waals surface area (Å²) in [5, 5.41) is 4.15. The molecule has 190 valence electrons. The third kappa shape index (κ3) is 4.38. The van der Waals surface area contributed by atoms with E-state index < -0.39 is 0 Å². The summed E-state index contributed by atoms with van der Waals surface area (Å²) in [5.74, 6) is 2.22. The lowest BCUT2D eigenvalue weighted by molar-refractivity contribution is 0.394. The molecule has 2 atom stereocenters. The molecule has 1 aliphatic rings. The molecule has 2 aromatic heterocycles. The maximum atomic E-state index is 5.93. The Morgan fingerprint density at radius 2 is 1.59 bits per heavy atom. The van der Waals surface area contributed by atoms with Crippen molar-refractivity contribution in [3.05, 3.63) is 95.6 Å². The maximum absolute atomic E-state index is 5.93. The normalized spacial score (nSPS) is 17.0. The van der Waals surface area contributed by atoms with Gasteiger partial charge in [0.1, 0.15) is 17.2 Å². The number of hydrogen-bond acceptors (Lipinski definition) is 5. The zero-order valence-electron chi connectivity index (χ0n) is 21.6.